The maximum absolute atomic E-state index is 13.1. The molecule has 1 amide bonds. The van der Waals surface area contributed by atoms with Gasteiger partial charge in [-0.05, 0) is 49.4 Å². The van der Waals surface area contributed by atoms with Gasteiger partial charge in [0, 0.05) is 16.7 Å². The summed E-state index contributed by atoms with van der Waals surface area (Å²) in [7, 11) is 0. The largest absolute Gasteiger partial charge is 0.306 e. The minimum atomic E-state index is -0.412. The number of benzene rings is 2. The van der Waals surface area contributed by atoms with E-state index in [1.807, 2.05) is 0 Å². The topological polar surface area (TPSA) is 54.9 Å². The second kappa shape index (κ2) is 7.17. The number of carbonyl (C=O) groups is 1. The lowest BCUT2D eigenvalue weighted by Crippen LogP contribution is -2.14. The summed E-state index contributed by atoms with van der Waals surface area (Å²) in [4.78, 5) is 20.9. The van der Waals surface area contributed by atoms with Crippen molar-refractivity contribution in [2.24, 2.45) is 0 Å². The molecule has 0 aliphatic heterocycles. The lowest BCUT2D eigenvalue weighted by molar-refractivity contribution is 0.102. The number of halogens is 3. The van der Waals surface area contributed by atoms with Crippen LogP contribution >= 0.6 is 23.2 Å². The van der Waals surface area contributed by atoms with E-state index >= 15 is 0 Å². The minimum absolute atomic E-state index is 0.245. The van der Waals surface area contributed by atoms with E-state index < -0.39 is 5.91 Å². The van der Waals surface area contributed by atoms with Gasteiger partial charge in [-0.25, -0.2) is 14.4 Å². The molecular formula is C18H12Cl2FN3O. The van der Waals surface area contributed by atoms with Crippen LogP contribution in [-0.2, 0) is 0 Å². The monoisotopic (exact) mass is 375 g/mol. The number of hydrogen-bond acceptors (Lipinski definition) is 3. The van der Waals surface area contributed by atoms with Gasteiger partial charge in [-0.3, -0.25) is 4.79 Å². The van der Waals surface area contributed by atoms with Gasteiger partial charge in [0.25, 0.3) is 5.91 Å². The van der Waals surface area contributed by atoms with Gasteiger partial charge < -0.3 is 5.32 Å². The number of aromatic nitrogens is 2. The fraction of sp³-hybridized carbons (Fsp3) is 0.0556. The Kier molecular flexibility index (Phi) is 4.97. The van der Waals surface area contributed by atoms with E-state index in [9.17, 15) is 9.18 Å². The fourth-order valence-electron chi connectivity index (χ4n) is 2.26. The van der Waals surface area contributed by atoms with Crippen LogP contribution in [-0.4, -0.2) is 15.9 Å². The Morgan fingerprint density at radius 3 is 2.44 bits per heavy atom. The van der Waals surface area contributed by atoms with E-state index in [0.717, 1.165) is 0 Å². The zero-order valence-corrected chi connectivity index (χ0v) is 14.6. The van der Waals surface area contributed by atoms with Crippen molar-refractivity contribution in [3.8, 4) is 11.3 Å². The van der Waals surface area contributed by atoms with Crippen molar-refractivity contribution in [3.05, 3.63) is 75.8 Å². The molecule has 0 aliphatic rings. The summed E-state index contributed by atoms with van der Waals surface area (Å²) in [5.41, 5.74) is 1.57. The van der Waals surface area contributed by atoms with Gasteiger partial charge in [0.1, 0.15) is 17.5 Å². The molecule has 1 aromatic heterocycles. The van der Waals surface area contributed by atoms with Crippen LogP contribution in [0.2, 0.25) is 10.0 Å². The molecule has 0 bridgehead atoms. The van der Waals surface area contributed by atoms with Crippen molar-refractivity contribution in [1.82, 2.24) is 9.97 Å². The Morgan fingerprint density at radius 2 is 1.76 bits per heavy atom. The first-order valence-corrected chi connectivity index (χ1v) is 8.06. The first-order chi connectivity index (χ1) is 11.9. The molecule has 0 unspecified atom stereocenters. The average molecular weight is 376 g/mol. The van der Waals surface area contributed by atoms with Gasteiger partial charge in [-0.2, -0.15) is 0 Å². The molecular weight excluding hydrogens is 364 g/mol. The molecule has 126 valence electrons. The standard InChI is InChI=1S/C18H12Cl2FN3O/c1-10-22-16(11-2-5-13(21)6-3-11)9-17(23-10)24-18(25)14-7-4-12(19)8-15(14)20/h2-9H,1H3,(H,22,23,24,25). The van der Waals surface area contributed by atoms with E-state index in [-0.39, 0.29) is 16.4 Å². The summed E-state index contributed by atoms with van der Waals surface area (Å²) in [6, 6.07) is 12.1. The van der Waals surface area contributed by atoms with Crippen LogP contribution in [0.3, 0.4) is 0 Å². The van der Waals surface area contributed by atoms with Crippen LogP contribution in [0.1, 0.15) is 16.2 Å². The third-order valence-electron chi connectivity index (χ3n) is 3.40. The lowest BCUT2D eigenvalue weighted by atomic mass is 10.1. The van der Waals surface area contributed by atoms with E-state index in [0.29, 0.717) is 27.9 Å². The Balaban J connectivity index is 1.90. The highest BCUT2D eigenvalue weighted by atomic mass is 35.5. The fourth-order valence-corrected chi connectivity index (χ4v) is 2.75. The van der Waals surface area contributed by atoms with Gasteiger partial charge in [0.2, 0.25) is 0 Å². The van der Waals surface area contributed by atoms with Crippen LogP contribution in [0.5, 0.6) is 0 Å². The molecule has 0 saturated carbocycles. The van der Waals surface area contributed by atoms with Crippen molar-refractivity contribution in [2.45, 2.75) is 6.92 Å². The summed E-state index contributed by atoms with van der Waals surface area (Å²) in [6.07, 6.45) is 0. The Labute approximate surface area is 153 Å². The maximum Gasteiger partial charge on any atom is 0.258 e. The van der Waals surface area contributed by atoms with Gasteiger partial charge in [-0.1, -0.05) is 23.2 Å². The molecule has 1 heterocycles. The summed E-state index contributed by atoms with van der Waals surface area (Å²) >= 11 is 11.9. The average Bonchev–Trinajstić information content (AvgIpc) is 2.54. The second-order valence-corrected chi connectivity index (χ2v) is 6.11. The van der Waals surface area contributed by atoms with E-state index in [4.69, 9.17) is 23.2 Å². The molecule has 0 spiro atoms. The first kappa shape index (κ1) is 17.3. The third-order valence-corrected chi connectivity index (χ3v) is 3.94. The van der Waals surface area contributed by atoms with E-state index in [1.165, 1.54) is 24.3 Å². The van der Waals surface area contributed by atoms with Crippen LogP contribution in [0.25, 0.3) is 11.3 Å². The predicted octanol–water partition coefficient (Wildman–Crippen LogP) is 5.15. The summed E-state index contributed by atoms with van der Waals surface area (Å²) in [5, 5.41) is 3.38. The third kappa shape index (κ3) is 4.13. The molecule has 4 nitrogen and oxygen atoms in total. The molecule has 0 atom stereocenters. The van der Waals surface area contributed by atoms with Crippen molar-refractivity contribution in [3.63, 3.8) is 0 Å². The predicted molar refractivity (Wildman–Crippen MR) is 96.6 cm³/mol. The molecule has 3 aromatic rings. The summed E-state index contributed by atoms with van der Waals surface area (Å²) < 4.78 is 13.1. The molecule has 0 fully saturated rings. The molecule has 0 radical (unpaired) electrons. The van der Waals surface area contributed by atoms with Gasteiger partial charge in [0.15, 0.2) is 0 Å². The zero-order valence-electron chi connectivity index (χ0n) is 13.1. The molecule has 1 N–H and O–H groups in total. The van der Waals surface area contributed by atoms with Gasteiger partial charge >= 0.3 is 0 Å². The summed E-state index contributed by atoms with van der Waals surface area (Å²) in [5.74, 6) is 0.0485. The first-order valence-electron chi connectivity index (χ1n) is 7.30. The minimum Gasteiger partial charge on any atom is -0.306 e. The summed E-state index contributed by atoms with van der Waals surface area (Å²) in [6.45, 7) is 1.71. The number of amides is 1. The number of carbonyl (C=O) groups excluding carboxylic acids is 1. The smallest absolute Gasteiger partial charge is 0.258 e. The van der Waals surface area contributed by atoms with Gasteiger partial charge in [0.05, 0.1) is 16.3 Å². The maximum atomic E-state index is 13.1. The second-order valence-electron chi connectivity index (χ2n) is 5.27. The Morgan fingerprint density at radius 1 is 1.04 bits per heavy atom. The highest BCUT2D eigenvalue weighted by Crippen LogP contribution is 2.23. The van der Waals surface area contributed by atoms with Crippen molar-refractivity contribution >= 4 is 34.9 Å². The van der Waals surface area contributed by atoms with Crippen molar-refractivity contribution in [1.29, 1.82) is 0 Å². The van der Waals surface area contributed by atoms with Crippen LogP contribution in [0.15, 0.2) is 48.5 Å². The number of rotatable bonds is 3. The molecule has 7 heteroatoms. The van der Waals surface area contributed by atoms with Crippen molar-refractivity contribution < 1.29 is 9.18 Å². The zero-order chi connectivity index (χ0) is 18.0. The van der Waals surface area contributed by atoms with Gasteiger partial charge in [-0.15, -0.1) is 0 Å². The highest BCUT2D eigenvalue weighted by Gasteiger charge is 2.13. The molecule has 0 saturated heterocycles. The van der Waals surface area contributed by atoms with E-state index in [2.05, 4.69) is 15.3 Å². The highest BCUT2D eigenvalue weighted by molar-refractivity contribution is 6.37. The number of anilines is 1. The Hall–Kier alpha value is -2.50. The molecule has 25 heavy (non-hydrogen) atoms. The van der Waals surface area contributed by atoms with Crippen molar-refractivity contribution in [2.75, 3.05) is 5.32 Å². The molecule has 3 rings (SSSR count). The van der Waals surface area contributed by atoms with Crippen LogP contribution < -0.4 is 5.32 Å². The lowest BCUT2D eigenvalue weighted by Gasteiger charge is -2.09. The normalized spacial score (nSPS) is 10.6. The SMILES string of the molecule is Cc1nc(NC(=O)c2ccc(Cl)cc2Cl)cc(-c2ccc(F)cc2)n1. The van der Waals surface area contributed by atoms with E-state index in [1.54, 1.807) is 31.2 Å². The van der Waals surface area contributed by atoms with Crippen LogP contribution in [0, 0.1) is 12.7 Å². The molecule has 0 aliphatic carbocycles. The molecule has 2 aromatic carbocycles. The number of nitrogens with one attached hydrogen (secondary N) is 1. The quantitative estimate of drug-likeness (QED) is 0.688. The number of hydrogen-bond donors (Lipinski definition) is 1. The van der Waals surface area contributed by atoms with Crippen LogP contribution in [0.4, 0.5) is 10.2 Å². The number of nitrogens with zero attached hydrogens (tertiary/aromatic N) is 2. The number of aryl methyl sites for hydroxylation is 1. The Bertz CT molecular complexity index is 946.